The van der Waals surface area contributed by atoms with E-state index in [1.807, 2.05) is 18.2 Å². The molecule has 1 aliphatic rings. The van der Waals surface area contributed by atoms with Crippen molar-refractivity contribution in [2.24, 2.45) is 0 Å². The fourth-order valence-electron chi connectivity index (χ4n) is 3.42. The molecule has 0 bridgehead atoms. The van der Waals surface area contributed by atoms with E-state index >= 15 is 0 Å². The highest BCUT2D eigenvalue weighted by molar-refractivity contribution is 5.90. The third kappa shape index (κ3) is 3.16. The molecule has 130 valence electrons. The molecule has 4 nitrogen and oxygen atoms in total. The maximum Gasteiger partial charge on any atom is 0.322 e. The van der Waals surface area contributed by atoms with Crippen LogP contribution in [0.2, 0.25) is 0 Å². The van der Waals surface area contributed by atoms with Gasteiger partial charge in [0.2, 0.25) is 0 Å². The van der Waals surface area contributed by atoms with Gasteiger partial charge in [0.1, 0.15) is 5.82 Å². The Morgan fingerprint density at radius 2 is 1.77 bits per heavy atom. The largest absolute Gasteiger partial charge is 0.322 e. The maximum atomic E-state index is 13.4. The van der Waals surface area contributed by atoms with Crippen LogP contribution in [-0.2, 0) is 6.42 Å². The standard InChI is InChI=1S/C21H18FN3O/c22-17-7-5-16(6-8-17)20-19-4-2-1-3-15(19)11-14-25(20)21(26)24-18-9-12-23-13-10-18/h1-10,12-13,20H,11,14H2,(H,23,24,26)/t20-/m0/s1. The molecule has 3 aromatic rings. The van der Waals surface area contributed by atoms with Crippen molar-refractivity contribution in [3.63, 3.8) is 0 Å². The Labute approximate surface area is 151 Å². The Balaban J connectivity index is 1.71. The van der Waals surface area contributed by atoms with Crippen molar-refractivity contribution in [2.45, 2.75) is 12.5 Å². The molecule has 5 heteroatoms. The minimum atomic E-state index is -0.286. The first-order valence-electron chi connectivity index (χ1n) is 8.53. The normalized spacial score (nSPS) is 16.0. The first-order chi connectivity index (χ1) is 12.7. The number of hydrogen-bond acceptors (Lipinski definition) is 2. The van der Waals surface area contributed by atoms with E-state index in [1.165, 1.54) is 17.7 Å². The van der Waals surface area contributed by atoms with Gasteiger partial charge in [-0.15, -0.1) is 0 Å². The SMILES string of the molecule is O=C(Nc1ccncc1)N1CCc2ccccc2[C@@H]1c1ccc(F)cc1. The van der Waals surface area contributed by atoms with Gasteiger partial charge in [-0.05, 0) is 47.4 Å². The van der Waals surface area contributed by atoms with E-state index in [-0.39, 0.29) is 17.9 Å². The van der Waals surface area contributed by atoms with E-state index in [9.17, 15) is 9.18 Å². The number of urea groups is 1. The minimum absolute atomic E-state index is 0.181. The zero-order valence-corrected chi connectivity index (χ0v) is 14.1. The highest BCUT2D eigenvalue weighted by atomic mass is 19.1. The highest BCUT2D eigenvalue weighted by Gasteiger charge is 2.31. The Morgan fingerprint density at radius 3 is 2.54 bits per heavy atom. The van der Waals surface area contributed by atoms with Crippen LogP contribution in [0.25, 0.3) is 0 Å². The van der Waals surface area contributed by atoms with Gasteiger partial charge in [0.25, 0.3) is 0 Å². The summed E-state index contributed by atoms with van der Waals surface area (Å²) in [5.41, 5.74) is 3.88. The summed E-state index contributed by atoms with van der Waals surface area (Å²) in [4.78, 5) is 18.7. The summed E-state index contributed by atoms with van der Waals surface area (Å²) < 4.78 is 13.4. The van der Waals surface area contributed by atoms with Crippen LogP contribution in [0.5, 0.6) is 0 Å². The van der Waals surface area contributed by atoms with Crippen LogP contribution in [0.15, 0.2) is 73.1 Å². The Bertz CT molecular complexity index is 912. The molecule has 4 rings (SSSR count). The quantitative estimate of drug-likeness (QED) is 0.747. The van der Waals surface area contributed by atoms with Crippen LogP contribution in [0.3, 0.4) is 0 Å². The number of nitrogens with zero attached hydrogens (tertiary/aromatic N) is 2. The molecular formula is C21H18FN3O. The molecule has 0 fully saturated rings. The summed E-state index contributed by atoms with van der Waals surface area (Å²) in [5, 5.41) is 2.93. The van der Waals surface area contributed by atoms with Gasteiger partial charge >= 0.3 is 6.03 Å². The van der Waals surface area contributed by atoms with Crippen molar-refractivity contribution in [3.05, 3.63) is 95.6 Å². The molecular weight excluding hydrogens is 329 g/mol. The molecule has 0 aliphatic carbocycles. The zero-order valence-electron chi connectivity index (χ0n) is 14.1. The molecule has 1 aromatic heterocycles. The van der Waals surface area contributed by atoms with Crippen molar-refractivity contribution < 1.29 is 9.18 Å². The topological polar surface area (TPSA) is 45.2 Å². The zero-order chi connectivity index (χ0) is 17.9. The second-order valence-electron chi connectivity index (χ2n) is 6.26. The van der Waals surface area contributed by atoms with Gasteiger partial charge in [-0.3, -0.25) is 4.98 Å². The van der Waals surface area contributed by atoms with E-state index in [2.05, 4.69) is 16.4 Å². The summed E-state index contributed by atoms with van der Waals surface area (Å²) >= 11 is 0. The van der Waals surface area contributed by atoms with E-state index in [1.54, 1.807) is 41.6 Å². The molecule has 2 heterocycles. The molecule has 0 spiro atoms. The summed E-state index contributed by atoms with van der Waals surface area (Å²) in [6, 6.07) is 17.5. The number of benzene rings is 2. The number of halogens is 1. The van der Waals surface area contributed by atoms with Gasteiger partial charge in [0, 0.05) is 24.6 Å². The molecule has 1 atom stereocenters. The number of nitrogens with one attached hydrogen (secondary N) is 1. The number of carbonyl (C=O) groups excluding carboxylic acids is 1. The average molecular weight is 347 g/mol. The third-order valence-corrected chi connectivity index (χ3v) is 4.66. The average Bonchev–Trinajstić information content (AvgIpc) is 2.68. The van der Waals surface area contributed by atoms with E-state index < -0.39 is 0 Å². The van der Waals surface area contributed by atoms with Crippen LogP contribution in [-0.4, -0.2) is 22.5 Å². The second-order valence-corrected chi connectivity index (χ2v) is 6.26. The minimum Gasteiger partial charge on any atom is -0.313 e. The van der Waals surface area contributed by atoms with Gasteiger partial charge in [-0.25, -0.2) is 9.18 Å². The first kappa shape index (κ1) is 16.3. The number of aromatic nitrogens is 1. The van der Waals surface area contributed by atoms with Crippen LogP contribution in [0.1, 0.15) is 22.7 Å². The number of pyridine rings is 1. The molecule has 0 unspecified atom stereocenters. The van der Waals surface area contributed by atoms with Crippen LogP contribution >= 0.6 is 0 Å². The van der Waals surface area contributed by atoms with Crippen molar-refractivity contribution in [1.82, 2.24) is 9.88 Å². The predicted molar refractivity (Wildman–Crippen MR) is 98.4 cm³/mol. The van der Waals surface area contributed by atoms with Gasteiger partial charge in [-0.2, -0.15) is 0 Å². The molecule has 0 saturated carbocycles. The molecule has 26 heavy (non-hydrogen) atoms. The summed E-state index contributed by atoms with van der Waals surface area (Å²) in [5.74, 6) is -0.286. The van der Waals surface area contributed by atoms with Gasteiger partial charge in [0.05, 0.1) is 6.04 Å². The van der Waals surface area contributed by atoms with Gasteiger partial charge < -0.3 is 10.2 Å². The molecule has 1 N–H and O–H groups in total. The maximum absolute atomic E-state index is 13.4. The smallest absolute Gasteiger partial charge is 0.313 e. The monoisotopic (exact) mass is 347 g/mol. The predicted octanol–water partition coefficient (Wildman–Crippen LogP) is 4.40. The van der Waals surface area contributed by atoms with Crippen molar-refractivity contribution in [2.75, 3.05) is 11.9 Å². The first-order valence-corrected chi connectivity index (χ1v) is 8.53. The summed E-state index contributed by atoms with van der Waals surface area (Å²) in [6.45, 7) is 0.593. The Morgan fingerprint density at radius 1 is 1.04 bits per heavy atom. The summed E-state index contributed by atoms with van der Waals surface area (Å²) in [6.07, 6.45) is 4.06. The molecule has 1 aliphatic heterocycles. The molecule has 2 aromatic carbocycles. The van der Waals surface area contributed by atoms with E-state index in [0.29, 0.717) is 12.2 Å². The van der Waals surface area contributed by atoms with Crippen LogP contribution in [0, 0.1) is 5.82 Å². The van der Waals surface area contributed by atoms with Crippen LogP contribution in [0.4, 0.5) is 14.9 Å². The van der Waals surface area contributed by atoms with E-state index in [0.717, 1.165) is 17.5 Å². The van der Waals surface area contributed by atoms with Gasteiger partial charge in [0.15, 0.2) is 0 Å². The number of hydrogen-bond donors (Lipinski definition) is 1. The summed E-state index contributed by atoms with van der Waals surface area (Å²) in [7, 11) is 0. The number of rotatable bonds is 2. The van der Waals surface area contributed by atoms with Crippen molar-refractivity contribution >= 4 is 11.7 Å². The number of anilines is 1. The van der Waals surface area contributed by atoms with Crippen molar-refractivity contribution in [3.8, 4) is 0 Å². The number of fused-ring (bicyclic) bond motifs is 1. The fourth-order valence-corrected chi connectivity index (χ4v) is 3.42. The van der Waals surface area contributed by atoms with Crippen LogP contribution < -0.4 is 5.32 Å². The highest BCUT2D eigenvalue weighted by Crippen LogP contribution is 2.35. The Hall–Kier alpha value is -3.21. The lowest BCUT2D eigenvalue weighted by Crippen LogP contribution is -2.43. The molecule has 2 amide bonds. The Kier molecular flexibility index (Phi) is 4.35. The molecule has 0 saturated heterocycles. The lowest BCUT2D eigenvalue weighted by atomic mass is 9.88. The fraction of sp³-hybridized carbons (Fsp3) is 0.143. The van der Waals surface area contributed by atoms with E-state index in [4.69, 9.17) is 0 Å². The lowest BCUT2D eigenvalue weighted by Gasteiger charge is -2.37. The molecule has 0 radical (unpaired) electrons. The second kappa shape index (κ2) is 6.96. The number of amides is 2. The number of carbonyl (C=O) groups is 1. The van der Waals surface area contributed by atoms with Crippen molar-refractivity contribution in [1.29, 1.82) is 0 Å². The third-order valence-electron chi connectivity index (χ3n) is 4.66. The van der Waals surface area contributed by atoms with Gasteiger partial charge in [-0.1, -0.05) is 36.4 Å². The lowest BCUT2D eigenvalue weighted by molar-refractivity contribution is 0.194.